The standard InChI is InChI=1S/C25H27N3O3/c1-3-18-10-8-9-17(2)24(18)26-22(29)16-28-21-12-5-4-11-19(21)20(15-23(28)30)25(31)27-13-6-7-14-27/h4-5,8-12,15H,3,6-7,13-14,16H2,1-2H3,(H,26,29). The highest BCUT2D eigenvalue weighted by atomic mass is 16.2. The number of anilines is 1. The fourth-order valence-corrected chi connectivity index (χ4v) is 4.29. The van der Waals surface area contributed by atoms with Crippen LogP contribution in [0.15, 0.2) is 53.3 Å². The molecule has 4 rings (SSSR count). The average molecular weight is 418 g/mol. The number of para-hydroxylation sites is 2. The molecule has 0 saturated carbocycles. The lowest BCUT2D eigenvalue weighted by Crippen LogP contribution is -2.32. The van der Waals surface area contributed by atoms with E-state index in [0.717, 1.165) is 49.2 Å². The van der Waals surface area contributed by atoms with Gasteiger partial charge in [0.1, 0.15) is 6.54 Å². The Hall–Kier alpha value is -3.41. The lowest BCUT2D eigenvalue weighted by Gasteiger charge is -2.18. The van der Waals surface area contributed by atoms with Crippen LogP contribution >= 0.6 is 0 Å². The van der Waals surface area contributed by atoms with E-state index in [1.54, 1.807) is 11.0 Å². The fraction of sp³-hybridized carbons (Fsp3) is 0.320. The van der Waals surface area contributed by atoms with Gasteiger partial charge in [-0.3, -0.25) is 19.0 Å². The molecule has 0 radical (unpaired) electrons. The van der Waals surface area contributed by atoms with Crippen molar-refractivity contribution in [1.82, 2.24) is 9.47 Å². The third kappa shape index (κ3) is 4.10. The van der Waals surface area contributed by atoms with Crippen molar-refractivity contribution in [3.8, 4) is 0 Å². The summed E-state index contributed by atoms with van der Waals surface area (Å²) in [6, 6.07) is 14.6. The molecule has 2 heterocycles. The lowest BCUT2D eigenvalue weighted by atomic mass is 10.1. The number of fused-ring (bicyclic) bond motifs is 1. The van der Waals surface area contributed by atoms with Crippen molar-refractivity contribution in [2.45, 2.75) is 39.7 Å². The number of nitrogens with zero attached hydrogens (tertiary/aromatic N) is 2. The topological polar surface area (TPSA) is 71.4 Å². The van der Waals surface area contributed by atoms with Gasteiger partial charge in [0.05, 0.1) is 11.1 Å². The van der Waals surface area contributed by atoms with E-state index in [4.69, 9.17) is 0 Å². The van der Waals surface area contributed by atoms with Gasteiger partial charge in [-0.2, -0.15) is 0 Å². The minimum atomic E-state index is -0.350. The van der Waals surface area contributed by atoms with Crippen molar-refractivity contribution in [3.05, 3.63) is 75.6 Å². The molecule has 6 heteroatoms. The first-order chi connectivity index (χ1) is 15.0. The molecule has 3 aromatic rings. The lowest BCUT2D eigenvalue weighted by molar-refractivity contribution is -0.116. The summed E-state index contributed by atoms with van der Waals surface area (Å²) in [5.74, 6) is -0.384. The third-order valence-electron chi connectivity index (χ3n) is 5.95. The molecule has 0 aliphatic carbocycles. The van der Waals surface area contributed by atoms with Crippen LogP contribution in [0.4, 0.5) is 5.69 Å². The number of pyridine rings is 1. The van der Waals surface area contributed by atoms with Gasteiger partial charge in [0.2, 0.25) is 5.91 Å². The normalized spacial score (nSPS) is 13.5. The van der Waals surface area contributed by atoms with Gasteiger partial charge in [0.15, 0.2) is 0 Å². The Bertz CT molecular complexity index is 1210. The molecule has 31 heavy (non-hydrogen) atoms. The zero-order valence-corrected chi connectivity index (χ0v) is 18.0. The molecule has 160 valence electrons. The van der Waals surface area contributed by atoms with Crippen LogP contribution in [-0.4, -0.2) is 34.4 Å². The van der Waals surface area contributed by atoms with Crippen LogP contribution in [0.25, 0.3) is 10.9 Å². The first kappa shape index (κ1) is 20.8. The van der Waals surface area contributed by atoms with Crippen molar-refractivity contribution in [2.75, 3.05) is 18.4 Å². The number of nitrogens with one attached hydrogen (secondary N) is 1. The zero-order chi connectivity index (χ0) is 22.0. The molecule has 1 aromatic heterocycles. The van der Waals surface area contributed by atoms with Gasteiger partial charge in [-0.15, -0.1) is 0 Å². The molecule has 0 atom stereocenters. The van der Waals surface area contributed by atoms with E-state index in [-0.39, 0.29) is 23.9 Å². The van der Waals surface area contributed by atoms with E-state index >= 15 is 0 Å². The van der Waals surface area contributed by atoms with Crippen LogP contribution in [0.3, 0.4) is 0 Å². The van der Waals surface area contributed by atoms with E-state index < -0.39 is 0 Å². The van der Waals surface area contributed by atoms with Crippen LogP contribution in [0.1, 0.15) is 41.3 Å². The van der Waals surface area contributed by atoms with E-state index in [0.29, 0.717) is 16.5 Å². The first-order valence-electron chi connectivity index (χ1n) is 10.8. The van der Waals surface area contributed by atoms with Crippen molar-refractivity contribution in [2.24, 2.45) is 0 Å². The van der Waals surface area contributed by atoms with Crippen LogP contribution in [0.5, 0.6) is 0 Å². The molecule has 6 nitrogen and oxygen atoms in total. The molecule has 0 spiro atoms. The molecule has 1 aliphatic heterocycles. The minimum Gasteiger partial charge on any atom is -0.339 e. The Labute approximate surface area is 181 Å². The van der Waals surface area contributed by atoms with Gasteiger partial charge in [0.25, 0.3) is 11.5 Å². The average Bonchev–Trinajstić information content (AvgIpc) is 3.31. The van der Waals surface area contributed by atoms with Crippen molar-refractivity contribution in [1.29, 1.82) is 0 Å². The van der Waals surface area contributed by atoms with Crippen LogP contribution in [0, 0.1) is 6.92 Å². The molecular formula is C25H27N3O3. The number of rotatable bonds is 5. The Kier molecular flexibility index (Phi) is 5.89. The summed E-state index contributed by atoms with van der Waals surface area (Å²) >= 11 is 0. The number of hydrogen-bond acceptors (Lipinski definition) is 3. The maximum absolute atomic E-state index is 13.0. The SMILES string of the molecule is CCc1cccc(C)c1NC(=O)Cn1c(=O)cc(C(=O)N2CCCC2)c2ccccc21. The van der Waals surface area contributed by atoms with Gasteiger partial charge >= 0.3 is 0 Å². The number of carbonyl (C=O) groups is 2. The Balaban J connectivity index is 1.68. The van der Waals surface area contributed by atoms with E-state index in [1.165, 1.54) is 10.6 Å². The molecule has 2 aromatic carbocycles. The maximum atomic E-state index is 13.0. The number of aromatic nitrogens is 1. The summed E-state index contributed by atoms with van der Waals surface area (Å²) in [5, 5.41) is 3.67. The monoisotopic (exact) mass is 417 g/mol. The molecular weight excluding hydrogens is 390 g/mol. The molecule has 0 unspecified atom stereocenters. The molecule has 1 aliphatic rings. The second kappa shape index (κ2) is 8.76. The number of hydrogen-bond donors (Lipinski definition) is 1. The predicted molar refractivity (Wildman–Crippen MR) is 123 cm³/mol. The van der Waals surface area contributed by atoms with Crippen LogP contribution in [0.2, 0.25) is 0 Å². The van der Waals surface area contributed by atoms with E-state index in [9.17, 15) is 14.4 Å². The summed E-state index contributed by atoms with van der Waals surface area (Å²) in [5.41, 5.74) is 3.48. The highest BCUT2D eigenvalue weighted by Crippen LogP contribution is 2.23. The minimum absolute atomic E-state index is 0.116. The van der Waals surface area contributed by atoms with Crippen molar-refractivity contribution in [3.63, 3.8) is 0 Å². The fourth-order valence-electron chi connectivity index (χ4n) is 4.29. The predicted octanol–water partition coefficient (Wildman–Crippen LogP) is 3.75. The van der Waals surface area contributed by atoms with Gasteiger partial charge < -0.3 is 10.2 Å². The Morgan fingerprint density at radius 2 is 1.77 bits per heavy atom. The summed E-state index contributed by atoms with van der Waals surface area (Å²) < 4.78 is 1.44. The second-order valence-electron chi connectivity index (χ2n) is 8.01. The summed E-state index contributed by atoms with van der Waals surface area (Å²) in [6.07, 6.45) is 2.77. The molecule has 0 bridgehead atoms. The third-order valence-corrected chi connectivity index (χ3v) is 5.95. The number of benzene rings is 2. The smallest absolute Gasteiger partial charge is 0.254 e. The van der Waals surface area contributed by atoms with Gasteiger partial charge in [-0.05, 0) is 43.4 Å². The first-order valence-corrected chi connectivity index (χ1v) is 10.8. The second-order valence-corrected chi connectivity index (χ2v) is 8.01. The molecule has 1 fully saturated rings. The van der Waals surface area contributed by atoms with Crippen molar-refractivity contribution < 1.29 is 9.59 Å². The quantitative estimate of drug-likeness (QED) is 0.687. The number of likely N-dealkylation sites (tertiary alicyclic amines) is 1. The number of amides is 2. The Morgan fingerprint density at radius 1 is 1.03 bits per heavy atom. The summed E-state index contributed by atoms with van der Waals surface area (Å²) in [7, 11) is 0. The highest BCUT2D eigenvalue weighted by Gasteiger charge is 2.23. The number of carbonyl (C=O) groups excluding carboxylic acids is 2. The maximum Gasteiger partial charge on any atom is 0.254 e. The van der Waals surface area contributed by atoms with E-state index in [1.807, 2.05) is 50.2 Å². The van der Waals surface area contributed by atoms with E-state index in [2.05, 4.69) is 5.32 Å². The molecule has 2 amide bonds. The van der Waals surface area contributed by atoms with Gasteiger partial charge in [-0.1, -0.05) is 43.3 Å². The molecule has 1 saturated heterocycles. The molecule has 1 N–H and O–H groups in total. The van der Waals surface area contributed by atoms with Crippen molar-refractivity contribution >= 4 is 28.4 Å². The largest absolute Gasteiger partial charge is 0.339 e. The van der Waals surface area contributed by atoms with Crippen LogP contribution < -0.4 is 10.9 Å². The van der Waals surface area contributed by atoms with Gasteiger partial charge in [0, 0.05) is 30.2 Å². The summed E-state index contributed by atoms with van der Waals surface area (Å²) in [6.45, 7) is 5.31. The Morgan fingerprint density at radius 3 is 2.52 bits per heavy atom. The zero-order valence-electron chi connectivity index (χ0n) is 18.0. The highest BCUT2D eigenvalue weighted by molar-refractivity contribution is 6.06. The van der Waals surface area contributed by atoms with Crippen LogP contribution in [-0.2, 0) is 17.8 Å². The number of aryl methyl sites for hydroxylation is 2. The van der Waals surface area contributed by atoms with Gasteiger partial charge in [-0.25, -0.2) is 0 Å². The summed E-state index contributed by atoms with van der Waals surface area (Å²) in [4.78, 5) is 40.6.